The van der Waals surface area contributed by atoms with Gasteiger partial charge in [0, 0.05) is 17.0 Å². The molecule has 1 atom stereocenters. The quantitative estimate of drug-likeness (QED) is 0.0779. The van der Waals surface area contributed by atoms with Gasteiger partial charge in [-0.1, -0.05) is 61.6 Å². The highest BCUT2D eigenvalue weighted by atomic mass is 127. The summed E-state index contributed by atoms with van der Waals surface area (Å²) in [5, 5.41) is 0. The molecule has 0 aliphatic carbocycles. The summed E-state index contributed by atoms with van der Waals surface area (Å²) in [6.07, 6.45) is -4.68. The van der Waals surface area contributed by atoms with Crippen LogP contribution in [0, 0.1) is 0 Å². The van der Waals surface area contributed by atoms with Gasteiger partial charge in [0.2, 0.25) is 0 Å². The maximum absolute atomic E-state index is 13.8. The normalized spacial score (nSPS) is 15.8. The lowest BCUT2D eigenvalue weighted by atomic mass is 9.92. The summed E-state index contributed by atoms with van der Waals surface area (Å²) in [7, 11) is 0. The Bertz CT molecular complexity index is 563. The number of unbranched alkanes of at least 4 members (excludes halogenated alkanes) is 5. The van der Waals surface area contributed by atoms with Gasteiger partial charge in [0.05, 0.1) is 6.61 Å². The van der Waals surface area contributed by atoms with E-state index in [1.54, 1.807) is 0 Å². The lowest BCUT2D eigenvalue weighted by Gasteiger charge is -2.40. The molecule has 0 saturated heterocycles. The Morgan fingerprint density at radius 2 is 1.06 bits per heavy atom. The molecule has 32 heavy (non-hydrogen) atoms. The fraction of sp³-hybridized carbons (Fsp3) is 1.00. The topological polar surface area (TPSA) is 9.23 Å². The van der Waals surface area contributed by atoms with E-state index in [2.05, 4.69) is 0 Å². The van der Waals surface area contributed by atoms with Gasteiger partial charge in [-0.15, -0.1) is 0 Å². The molecule has 0 bridgehead atoms. The number of hydrogen-bond donors (Lipinski definition) is 0. The third-order valence-electron chi connectivity index (χ3n) is 4.42. The molecule has 0 saturated carbocycles. The van der Waals surface area contributed by atoms with E-state index in [-0.39, 0.29) is 6.61 Å². The van der Waals surface area contributed by atoms with Gasteiger partial charge in [-0.05, 0) is 6.42 Å². The second-order valence-corrected chi connectivity index (χ2v) is 8.91. The number of rotatable bonds is 15. The molecule has 0 heterocycles. The molecule has 1 unspecified atom stereocenters. The van der Waals surface area contributed by atoms with Crippen LogP contribution in [-0.2, 0) is 4.74 Å². The fourth-order valence-corrected chi connectivity index (χ4v) is 3.27. The van der Waals surface area contributed by atoms with Crippen LogP contribution in [0.4, 0.5) is 57.1 Å². The van der Waals surface area contributed by atoms with Crippen molar-refractivity contribution in [2.45, 2.75) is 91.6 Å². The van der Waals surface area contributed by atoms with Crippen molar-refractivity contribution in [1.82, 2.24) is 0 Å². The molecule has 15 heteroatoms. The smallest absolute Gasteiger partial charge is 0.380 e. The predicted molar refractivity (Wildman–Crippen MR) is 97.4 cm³/mol. The Labute approximate surface area is 189 Å². The molecule has 0 amide bonds. The lowest BCUT2D eigenvalue weighted by Crippen LogP contribution is -2.70. The lowest BCUT2D eigenvalue weighted by molar-refractivity contribution is -0.440. The minimum atomic E-state index is -7.86. The maximum atomic E-state index is 13.8. The largest absolute Gasteiger partial charge is 0.460 e. The summed E-state index contributed by atoms with van der Waals surface area (Å²) in [6.45, 7) is 1.29. The van der Waals surface area contributed by atoms with Crippen molar-refractivity contribution in [3.05, 3.63) is 0 Å². The molecule has 0 aliphatic rings. The molecule has 0 aromatic carbocycles. The summed E-state index contributed by atoms with van der Waals surface area (Å²) in [6, 6.07) is 0. The summed E-state index contributed by atoms with van der Waals surface area (Å²) >= 11 is 1.07. The molecule has 194 valence electrons. The summed E-state index contributed by atoms with van der Waals surface area (Å²) in [4.78, 5) is 0. The third-order valence-corrected chi connectivity index (χ3v) is 5.22. The summed E-state index contributed by atoms with van der Waals surface area (Å²) < 4.78 is 173. The Kier molecular flexibility index (Phi) is 11.4. The minimum absolute atomic E-state index is 0.000370. The van der Waals surface area contributed by atoms with Crippen LogP contribution >= 0.6 is 22.6 Å². The van der Waals surface area contributed by atoms with E-state index in [0.717, 1.165) is 48.3 Å². The van der Waals surface area contributed by atoms with Crippen LogP contribution in [0.1, 0.15) is 51.9 Å². The first kappa shape index (κ1) is 31.8. The molecule has 0 aromatic heterocycles. The first-order valence-corrected chi connectivity index (χ1v) is 10.6. The van der Waals surface area contributed by atoms with Crippen LogP contribution in [0.5, 0.6) is 0 Å². The Hall–Kier alpha value is -0.220. The van der Waals surface area contributed by atoms with E-state index in [4.69, 9.17) is 4.74 Å². The van der Waals surface area contributed by atoms with Crippen molar-refractivity contribution >= 4 is 22.6 Å². The van der Waals surface area contributed by atoms with Crippen molar-refractivity contribution < 1.29 is 61.8 Å². The average Bonchev–Trinajstić information content (AvgIpc) is 2.61. The number of halogens is 14. The highest BCUT2D eigenvalue weighted by molar-refractivity contribution is 14.1. The van der Waals surface area contributed by atoms with Crippen LogP contribution in [0.2, 0.25) is 0 Å². The fourth-order valence-electron chi connectivity index (χ4n) is 2.46. The summed E-state index contributed by atoms with van der Waals surface area (Å²) in [5.41, 5.74) is 0. The van der Waals surface area contributed by atoms with Gasteiger partial charge in [0.25, 0.3) is 0 Å². The SMILES string of the molecule is CCCCCCCCOCC(I)CC(F)(F)C(F)(F)C(F)(F)C(F)(F)C(F)(F)C(F)(F)F. The average molecular weight is 616 g/mol. The van der Waals surface area contributed by atoms with Crippen molar-refractivity contribution in [3.8, 4) is 0 Å². The van der Waals surface area contributed by atoms with Crippen LogP contribution in [-0.4, -0.2) is 52.9 Å². The molecular formula is C17H22F13IO. The molecule has 0 aromatic rings. The van der Waals surface area contributed by atoms with Crippen molar-refractivity contribution in [1.29, 1.82) is 0 Å². The van der Waals surface area contributed by atoms with Gasteiger partial charge in [0.1, 0.15) is 0 Å². The predicted octanol–water partition coefficient (Wildman–Crippen LogP) is 8.30. The van der Waals surface area contributed by atoms with E-state index < -0.39 is 52.7 Å². The monoisotopic (exact) mass is 616 g/mol. The standard InChI is InChI=1S/C17H22F13IO/c1-2-3-4-5-6-7-8-32-10-11(31)9-12(18,19)13(20,21)14(22,23)15(24,25)16(26,27)17(28,29)30/h11H,2-10H2,1H3. The zero-order valence-corrected chi connectivity index (χ0v) is 18.8. The minimum Gasteiger partial charge on any atom is -0.380 e. The van der Waals surface area contributed by atoms with Gasteiger partial charge in [-0.2, -0.15) is 57.1 Å². The second kappa shape index (κ2) is 11.5. The maximum Gasteiger partial charge on any atom is 0.460 e. The Morgan fingerprint density at radius 1 is 0.625 bits per heavy atom. The van der Waals surface area contributed by atoms with Gasteiger partial charge >= 0.3 is 35.8 Å². The van der Waals surface area contributed by atoms with Crippen molar-refractivity contribution in [2.75, 3.05) is 13.2 Å². The molecule has 1 nitrogen and oxygen atoms in total. The Morgan fingerprint density at radius 3 is 1.53 bits per heavy atom. The van der Waals surface area contributed by atoms with Crippen LogP contribution in [0.15, 0.2) is 0 Å². The molecule has 0 rings (SSSR count). The van der Waals surface area contributed by atoms with E-state index in [0.29, 0.717) is 12.8 Å². The number of ether oxygens (including phenoxy) is 1. The van der Waals surface area contributed by atoms with E-state index in [9.17, 15) is 57.1 Å². The zero-order valence-electron chi connectivity index (χ0n) is 16.6. The summed E-state index contributed by atoms with van der Waals surface area (Å²) in [5.74, 6) is -36.6. The van der Waals surface area contributed by atoms with Crippen molar-refractivity contribution in [2.24, 2.45) is 0 Å². The molecule has 0 radical (unpaired) electrons. The van der Waals surface area contributed by atoms with Crippen LogP contribution in [0.3, 0.4) is 0 Å². The first-order chi connectivity index (χ1) is 14.2. The van der Waals surface area contributed by atoms with Gasteiger partial charge < -0.3 is 4.74 Å². The van der Waals surface area contributed by atoms with Gasteiger partial charge in [0.15, 0.2) is 0 Å². The van der Waals surface area contributed by atoms with Gasteiger partial charge in [-0.3, -0.25) is 0 Å². The van der Waals surface area contributed by atoms with E-state index in [1.165, 1.54) is 0 Å². The highest BCUT2D eigenvalue weighted by Crippen LogP contribution is 2.60. The molecule has 0 N–H and O–H groups in total. The Balaban J connectivity index is 5.15. The second-order valence-electron chi connectivity index (χ2n) is 7.14. The number of hydrogen-bond acceptors (Lipinski definition) is 1. The molecule has 0 fully saturated rings. The molecule has 0 aliphatic heterocycles. The molecule has 0 spiro atoms. The third kappa shape index (κ3) is 6.90. The highest BCUT2D eigenvalue weighted by Gasteiger charge is 2.90. The first-order valence-electron chi connectivity index (χ1n) is 9.38. The number of alkyl halides is 14. The zero-order chi connectivity index (χ0) is 25.6. The van der Waals surface area contributed by atoms with E-state index in [1.807, 2.05) is 6.92 Å². The van der Waals surface area contributed by atoms with Crippen LogP contribution in [0.25, 0.3) is 0 Å². The molecular weight excluding hydrogens is 594 g/mol. The van der Waals surface area contributed by atoms with Gasteiger partial charge in [-0.25, -0.2) is 0 Å². The van der Waals surface area contributed by atoms with E-state index >= 15 is 0 Å². The van der Waals surface area contributed by atoms with Crippen LogP contribution < -0.4 is 0 Å². The van der Waals surface area contributed by atoms with Crippen molar-refractivity contribution in [3.63, 3.8) is 0 Å².